The Bertz CT molecular complexity index is 816. The molecule has 0 saturated heterocycles. The summed E-state index contributed by atoms with van der Waals surface area (Å²) in [6, 6.07) is 1.71. The summed E-state index contributed by atoms with van der Waals surface area (Å²) in [7, 11) is -2.47. The fraction of sp³-hybridized carbons (Fsp3) is 0.182. The monoisotopic (exact) mass is 314 g/mol. The van der Waals surface area contributed by atoms with Crippen molar-refractivity contribution in [2.24, 2.45) is 7.05 Å². The molecule has 0 bridgehead atoms. The van der Waals surface area contributed by atoms with Crippen molar-refractivity contribution in [3.63, 3.8) is 0 Å². The molecule has 0 spiro atoms. The topological polar surface area (TPSA) is 107 Å². The number of aryl methyl sites for hydroxylation is 2. The zero-order valence-electron chi connectivity index (χ0n) is 11.1. The van der Waals surface area contributed by atoms with Gasteiger partial charge in [-0.1, -0.05) is 0 Å². The predicted octanol–water partition coefficient (Wildman–Crippen LogP) is 1.58. The average Bonchev–Trinajstić information content (AvgIpc) is 2.76. The number of nitrogens with one attached hydrogen (secondary N) is 1. The van der Waals surface area contributed by atoms with Crippen LogP contribution >= 0.6 is 0 Å². The second kappa shape index (κ2) is 5.13. The Morgan fingerprint density at radius 3 is 2.62 bits per heavy atom. The first-order valence-corrected chi connectivity index (χ1v) is 7.15. The predicted molar refractivity (Wildman–Crippen MR) is 71.8 cm³/mol. The van der Waals surface area contributed by atoms with Crippen LogP contribution in [0.15, 0.2) is 29.4 Å². The Balaban J connectivity index is 2.47. The van der Waals surface area contributed by atoms with E-state index >= 15 is 0 Å². The number of benzene rings is 1. The standard InChI is InChI=1S/C11H11FN4O4S/c1-7-3-9(4-10(11(7)12)16(17)18)21(19,20)14-8-5-13-15(2)6-8/h3-6,14H,1-2H3. The summed E-state index contributed by atoms with van der Waals surface area (Å²) >= 11 is 0. The van der Waals surface area contributed by atoms with E-state index in [1.54, 1.807) is 7.05 Å². The molecule has 1 aromatic carbocycles. The lowest BCUT2D eigenvalue weighted by Gasteiger charge is -2.07. The molecular weight excluding hydrogens is 303 g/mol. The quantitative estimate of drug-likeness (QED) is 0.681. The molecule has 0 amide bonds. The third kappa shape index (κ3) is 2.99. The minimum Gasteiger partial charge on any atom is -0.276 e. The van der Waals surface area contributed by atoms with E-state index in [4.69, 9.17) is 0 Å². The molecule has 112 valence electrons. The number of nitro benzene ring substituents is 1. The van der Waals surface area contributed by atoms with Crippen molar-refractivity contribution in [3.8, 4) is 0 Å². The molecule has 0 aliphatic carbocycles. The molecule has 0 aliphatic rings. The van der Waals surface area contributed by atoms with Gasteiger partial charge in [0.25, 0.3) is 10.0 Å². The Morgan fingerprint density at radius 1 is 1.43 bits per heavy atom. The summed E-state index contributed by atoms with van der Waals surface area (Å²) in [5.41, 5.74) is -0.820. The molecule has 0 saturated carbocycles. The molecule has 2 aromatic rings. The van der Waals surface area contributed by atoms with Gasteiger partial charge in [-0.3, -0.25) is 19.5 Å². The number of rotatable bonds is 4. The number of sulfonamides is 1. The maximum Gasteiger partial charge on any atom is 0.306 e. The van der Waals surface area contributed by atoms with E-state index in [-0.39, 0.29) is 11.3 Å². The Kier molecular flexibility index (Phi) is 3.64. The van der Waals surface area contributed by atoms with Crippen LogP contribution in [0.25, 0.3) is 0 Å². The van der Waals surface area contributed by atoms with Crippen molar-refractivity contribution < 1.29 is 17.7 Å². The van der Waals surface area contributed by atoms with Gasteiger partial charge in [-0.25, -0.2) is 8.42 Å². The van der Waals surface area contributed by atoms with E-state index in [2.05, 4.69) is 9.82 Å². The van der Waals surface area contributed by atoms with Gasteiger partial charge in [-0.05, 0) is 18.6 Å². The van der Waals surface area contributed by atoms with E-state index in [1.807, 2.05) is 0 Å². The van der Waals surface area contributed by atoms with Gasteiger partial charge in [0.05, 0.1) is 21.7 Å². The molecule has 1 heterocycles. The summed E-state index contributed by atoms with van der Waals surface area (Å²) < 4.78 is 41.5. The third-order valence-corrected chi connectivity index (χ3v) is 4.03. The zero-order valence-corrected chi connectivity index (χ0v) is 11.9. The molecule has 21 heavy (non-hydrogen) atoms. The minimum atomic E-state index is -4.07. The van der Waals surface area contributed by atoms with E-state index in [0.29, 0.717) is 6.07 Å². The number of nitrogens with zero attached hydrogens (tertiary/aromatic N) is 3. The maximum absolute atomic E-state index is 13.6. The van der Waals surface area contributed by atoms with Crippen LogP contribution in [0.3, 0.4) is 0 Å². The summed E-state index contributed by atoms with van der Waals surface area (Å²) in [6.07, 6.45) is 2.70. The second-order valence-electron chi connectivity index (χ2n) is 4.34. The van der Waals surface area contributed by atoms with E-state index < -0.39 is 31.3 Å². The van der Waals surface area contributed by atoms with Crippen LogP contribution in [0.1, 0.15) is 5.56 Å². The zero-order chi connectivity index (χ0) is 15.8. The van der Waals surface area contributed by atoms with E-state index in [1.165, 1.54) is 24.0 Å². The van der Waals surface area contributed by atoms with E-state index in [9.17, 15) is 22.9 Å². The number of aromatic nitrogens is 2. The molecule has 10 heteroatoms. The van der Waals surface area contributed by atoms with Gasteiger partial charge in [0.2, 0.25) is 5.82 Å². The highest BCUT2D eigenvalue weighted by Gasteiger charge is 2.24. The number of nitro groups is 1. The molecule has 0 atom stereocenters. The van der Waals surface area contributed by atoms with Gasteiger partial charge in [0, 0.05) is 19.3 Å². The van der Waals surface area contributed by atoms with E-state index in [0.717, 1.165) is 6.07 Å². The Labute approximate surface area is 119 Å². The van der Waals surface area contributed by atoms with Crippen molar-refractivity contribution in [2.45, 2.75) is 11.8 Å². The highest BCUT2D eigenvalue weighted by atomic mass is 32.2. The molecule has 0 aliphatic heterocycles. The average molecular weight is 314 g/mol. The summed E-state index contributed by atoms with van der Waals surface area (Å²) in [5.74, 6) is -1.06. The van der Waals surface area contributed by atoms with Crippen LogP contribution in [0.5, 0.6) is 0 Å². The molecule has 1 aromatic heterocycles. The van der Waals surface area contributed by atoms with Crippen molar-refractivity contribution in [1.29, 1.82) is 0 Å². The Morgan fingerprint density at radius 2 is 2.10 bits per heavy atom. The largest absolute Gasteiger partial charge is 0.306 e. The fourth-order valence-electron chi connectivity index (χ4n) is 1.69. The second-order valence-corrected chi connectivity index (χ2v) is 6.02. The molecule has 0 radical (unpaired) electrons. The molecule has 0 unspecified atom stereocenters. The lowest BCUT2D eigenvalue weighted by molar-refractivity contribution is -0.387. The van der Waals surface area contributed by atoms with Gasteiger partial charge in [-0.2, -0.15) is 9.49 Å². The fourth-order valence-corrected chi connectivity index (χ4v) is 2.83. The summed E-state index contributed by atoms with van der Waals surface area (Å²) in [5, 5.41) is 14.5. The molecule has 0 fully saturated rings. The van der Waals surface area contributed by atoms with Crippen LogP contribution < -0.4 is 4.72 Å². The van der Waals surface area contributed by atoms with Crippen LogP contribution in [-0.4, -0.2) is 23.1 Å². The van der Waals surface area contributed by atoms with Crippen LogP contribution in [-0.2, 0) is 17.1 Å². The van der Waals surface area contributed by atoms with Crippen LogP contribution in [0.2, 0.25) is 0 Å². The number of hydrogen-bond donors (Lipinski definition) is 1. The first-order chi connectivity index (χ1) is 9.70. The minimum absolute atomic E-state index is 0.129. The van der Waals surface area contributed by atoms with Gasteiger partial charge in [0.15, 0.2) is 0 Å². The van der Waals surface area contributed by atoms with Gasteiger partial charge in [0.1, 0.15) is 0 Å². The first kappa shape index (κ1) is 14.9. The van der Waals surface area contributed by atoms with Crippen molar-refractivity contribution >= 4 is 21.4 Å². The van der Waals surface area contributed by atoms with Gasteiger partial charge in [-0.15, -0.1) is 0 Å². The normalized spacial score (nSPS) is 11.4. The SMILES string of the molecule is Cc1cc(S(=O)(=O)Nc2cnn(C)c2)cc([N+](=O)[O-])c1F. The summed E-state index contributed by atoms with van der Waals surface area (Å²) in [4.78, 5) is 9.39. The first-order valence-electron chi connectivity index (χ1n) is 5.66. The highest BCUT2D eigenvalue weighted by Crippen LogP contribution is 2.26. The molecule has 1 N–H and O–H groups in total. The van der Waals surface area contributed by atoms with Gasteiger partial charge < -0.3 is 0 Å². The van der Waals surface area contributed by atoms with Crippen molar-refractivity contribution in [3.05, 3.63) is 46.0 Å². The third-order valence-electron chi connectivity index (χ3n) is 2.67. The molecule has 8 nitrogen and oxygen atoms in total. The highest BCUT2D eigenvalue weighted by molar-refractivity contribution is 7.92. The van der Waals surface area contributed by atoms with Gasteiger partial charge >= 0.3 is 5.69 Å². The molecule has 2 rings (SSSR count). The lowest BCUT2D eigenvalue weighted by atomic mass is 10.2. The Hall–Kier alpha value is -2.49. The van der Waals surface area contributed by atoms with Crippen LogP contribution in [0, 0.1) is 22.9 Å². The lowest BCUT2D eigenvalue weighted by Crippen LogP contribution is -2.13. The summed E-state index contributed by atoms with van der Waals surface area (Å²) in [6.45, 7) is 1.26. The number of hydrogen-bond acceptors (Lipinski definition) is 5. The van der Waals surface area contributed by atoms with Crippen molar-refractivity contribution in [1.82, 2.24) is 9.78 Å². The maximum atomic E-state index is 13.6. The number of anilines is 1. The smallest absolute Gasteiger partial charge is 0.276 e. The number of halogens is 1. The van der Waals surface area contributed by atoms with Crippen molar-refractivity contribution in [2.75, 3.05) is 4.72 Å². The molecular formula is C11H11FN4O4S. The van der Waals surface area contributed by atoms with Crippen LogP contribution in [0.4, 0.5) is 15.8 Å².